The number of halogens is 1. The van der Waals surface area contributed by atoms with Crippen LogP contribution in [0.4, 0.5) is 5.69 Å². The number of hydrogen-bond acceptors (Lipinski definition) is 1. The molecule has 0 aliphatic carbocycles. The quantitative estimate of drug-likeness (QED) is 0.417. The Morgan fingerprint density at radius 1 is 0.969 bits per heavy atom. The van der Waals surface area contributed by atoms with E-state index in [1.165, 1.54) is 44.3 Å². The van der Waals surface area contributed by atoms with Gasteiger partial charge in [-0.15, -0.1) is 0 Å². The Morgan fingerprint density at radius 2 is 1.53 bits per heavy atom. The number of carbonyl (C=O) groups is 1. The molecule has 2 aliphatic rings. The summed E-state index contributed by atoms with van der Waals surface area (Å²) in [5.74, 6) is 0.326. The fourth-order valence-electron chi connectivity index (χ4n) is 5.43. The van der Waals surface area contributed by atoms with Gasteiger partial charge in [-0.2, -0.15) is 0 Å². The van der Waals surface area contributed by atoms with E-state index in [2.05, 4.69) is 39.8 Å². The number of aryl methyl sites for hydroxylation is 3. The first-order valence-electron chi connectivity index (χ1n) is 11.8. The molecule has 1 atom stereocenters. The molecule has 3 nitrogen and oxygen atoms in total. The normalized spacial score (nSPS) is 20.1. The maximum atomic E-state index is 13.3. The molecule has 171 valence electrons. The Hall–Kier alpha value is -0.736. The number of nitrogens with zero attached hydrogens (tertiary/aromatic N) is 2. The Bertz CT molecular complexity index is 855. The molecule has 4 rings (SSSR count). The predicted molar refractivity (Wildman–Crippen MR) is 132 cm³/mol. The fraction of sp³-hybridized carbons (Fsp3) is 0.519. The van der Waals surface area contributed by atoms with Crippen LogP contribution in [0.25, 0.3) is 0 Å². The third-order valence-corrected chi connectivity index (χ3v) is 7.31. The Balaban J connectivity index is 0.000000388. The number of quaternary nitrogens is 1. The summed E-state index contributed by atoms with van der Waals surface area (Å²) in [5.41, 5.74) is 4.61. The van der Waals surface area contributed by atoms with Crippen LogP contribution in [0.15, 0.2) is 42.5 Å². The molecule has 0 N–H and O–H groups in total. The number of amides is 1. The summed E-state index contributed by atoms with van der Waals surface area (Å²) in [6.07, 6.45) is 6.14. The number of anilines is 1. The van der Waals surface area contributed by atoms with Crippen LogP contribution in [0.1, 0.15) is 55.7 Å². The van der Waals surface area contributed by atoms with Gasteiger partial charge in [0.1, 0.15) is 0 Å². The van der Waals surface area contributed by atoms with E-state index in [-0.39, 0.29) is 38.8 Å². The van der Waals surface area contributed by atoms with Crippen molar-refractivity contribution in [3.8, 4) is 0 Å². The maximum Gasteiger partial charge on any atom is 0.285 e. The van der Waals surface area contributed by atoms with Gasteiger partial charge in [-0.25, -0.2) is 0 Å². The molecule has 0 saturated carbocycles. The van der Waals surface area contributed by atoms with Crippen LogP contribution < -0.4 is 4.90 Å². The second-order valence-electron chi connectivity index (χ2n) is 9.23. The van der Waals surface area contributed by atoms with Gasteiger partial charge in [0.15, 0.2) is 6.04 Å². The molecular weight excluding hydrogens is 493 g/mol. The molecule has 2 fully saturated rings. The summed E-state index contributed by atoms with van der Waals surface area (Å²) < 4.78 is 1.00. The van der Waals surface area contributed by atoms with Gasteiger partial charge in [-0.05, 0) is 76.6 Å². The molecule has 0 aromatic heterocycles. The molecule has 0 bridgehead atoms. The predicted octanol–water partition coefficient (Wildman–Crippen LogP) is 6.47. The van der Waals surface area contributed by atoms with Crippen molar-refractivity contribution >= 4 is 23.2 Å². The SMILES string of the molecule is CC[N+]1(C2CCN(c3c(C)cc(Cl)cc3C)C2=O)CCCCCC1.Cc1ccccc1.[Y]. The van der Waals surface area contributed by atoms with Crippen molar-refractivity contribution in [2.75, 3.05) is 31.1 Å². The molecule has 1 amide bonds. The van der Waals surface area contributed by atoms with E-state index in [4.69, 9.17) is 11.6 Å². The minimum absolute atomic E-state index is 0. The average Bonchev–Trinajstić information content (AvgIpc) is 2.96. The first-order chi connectivity index (χ1) is 14.9. The van der Waals surface area contributed by atoms with E-state index in [9.17, 15) is 4.79 Å². The zero-order chi connectivity index (χ0) is 22.4. The van der Waals surface area contributed by atoms with Gasteiger partial charge < -0.3 is 9.38 Å². The van der Waals surface area contributed by atoms with Crippen molar-refractivity contribution in [1.82, 2.24) is 0 Å². The van der Waals surface area contributed by atoms with Gasteiger partial charge in [0.25, 0.3) is 5.91 Å². The average molecular weight is 531 g/mol. The van der Waals surface area contributed by atoms with E-state index < -0.39 is 0 Å². The second-order valence-corrected chi connectivity index (χ2v) is 9.67. The maximum absolute atomic E-state index is 13.3. The molecule has 2 aliphatic heterocycles. The van der Waals surface area contributed by atoms with Gasteiger partial charge in [-0.3, -0.25) is 4.79 Å². The number of likely N-dealkylation sites (N-methyl/N-ethyl adjacent to an activating group) is 1. The Morgan fingerprint density at radius 3 is 2.00 bits per heavy atom. The zero-order valence-electron chi connectivity index (χ0n) is 20.2. The van der Waals surface area contributed by atoms with Gasteiger partial charge in [0.05, 0.1) is 19.6 Å². The molecule has 32 heavy (non-hydrogen) atoms. The summed E-state index contributed by atoms with van der Waals surface area (Å²) in [5, 5.41) is 0.751. The van der Waals surface area contributed by atoms with Crippen molar-refractivity contribution in [2.24, 2.45) is 0 Å². The second kappa shape index (κ2) is 12.6. The topological polar surface area (TPSA) is 20.3 Å². The van der Waals surface area contributed by atoms with E-state index in [0.29, 0.717) is 5.91 Å². The molecule has 2 heterocycles. The van der Waals surface area contributed by atoms with Crippen LogP contribution in [0.5, 0.6) is 0 Å². The summed E-state index contributed by atoms with van der Waals surface area (Å²) >= 11 is 6.17. The summed E-state index contributed by atoms with van der Waals surface area (Å²) in [6, 6.07) is 14.3. The summed E-state index contributed by atoms with van der Waals surface area (Å²) in [6.45, 7) is 12.7. The van der Waals surface area contributed by atoms with Crippen LogP contribution in [0.3, 0.4) is 0 Å². The molecule has 2 saturated heterocycles. The Kier molecular flexibility index (Phi) is 10.9. The van der Waals surface area contributed by atoms with Crippen molar-refractivity contribution in [2.45, 2.75) is 65.8 Å². The molecule has 2 aromatic carbocycles. The van der Waals surface area contributed by atoms with Crippen LogP contribution in [-0.2, 0) is 37.5 Å². The third kappa shape index (κ3) is 6.44. The third-order valence-electron chi connectivity index (χ3n) is 7.09. The van der Waals surface area contributed by atoms with Crippen LogP contribution in [0.2, 0.25) is 5.02 Å². The molecular formula is C27H38ClN2OY+. The monoisotopic (exact) mass is 530 g/mol. The van der Waals surface area contributed by atoms with Crippen molar-refractivity contribution < 1.29 is 42.0 Å². The standard InChI is InChI=1S/C20H30ClN2O.C7H8.Y/c1-4-23(11-7-5-6-8-12-23)18-9-10-22(20(18)24)19-15(2)13-17(21)14-16(19)3;1-7-5-3-2-4-6-7;/h13-14,18H,4-12H2,1-3H3;2-6H,1H3;/q+1;;. The fourth-order valence-corrected chi connectivity index (χ4v) is 5.75. The number of rotatable bonds is 3. The van der Waals surface area contributed by atoms with Gasteiger partial charge >= 0.3 is 0 Å². The number of hydrogen-bond donors (Lipinski definition) is 0. The molecule has 5 heteroatoms. The minimum atomic E-state index is 0. The first kappa shape index (κ1) is 27.5. The van der Waals surface area contributed by atoms with Crippen LogP contribution >= 0.6 is 11.6 Å². The van der Waals surface area contributed by atoms with E-state index >= 15 is 0 Å². The van der Waals surface area contributed by atoms with Crippen LogP contribution in [-0.4, -0.2) is 42.6 Å². The number of carbonyl (C=O) groups excluding carboxylic acids is 1. The number of likely N-dealkylation sites (tertiary alicyclic amines) is 1. The van der Waals surface area contributed by atoms with Crippen molar-refractivity contribution in [1.29, 1.82) is 0 Å². The van der Waals surface area contributed by atoms with E-state index in [0.717, 1.165) is 45.8 Å². The largest absolute Gasteiger partial charge is 0.314 e. The molecule has 0 spiro atoms. The van der Waals surface area contributed by atoms with Gasteiger partial charge in [-0.1, -0.05) is 47.5 Å². The van der Waals surface area contributed by atoms with E-state index in [1.54, 1.807) is 0 Å². The van der Waals surface area contributed by atoms with Crippen molar-refractivity contribution in [3.05, 3.63) is 64.2 Å². The first-order valence-corrected chi connectivity index (χ1v) is 12.2. The van der Waals surface area contributed by atoms with Crippen LogP contribution in [0, 0.1) is 20.8 Å². The van der Waals surface area contributed by atoms with Crippen molar-refractivity contribution in [3.63, 3.8) is 0 Å². The molecule has 1 unspecified atom stereocenters. The Labute approximate surface area is 225 Å². The van der Waals surface area contributed by atoms with Gasteiger partial charge in [0.2, 0.25) is 0 Å². The zero-order valence-corrected chi connectivity index (χ0v) is 23.8. The van der Waals surface area contributed by atoms with Gasteiger partial charge in [0, 0.05) is 56.4 Å². The molecule has 2 aromatic rings. The molecule has 1 radical (unpaired) electrons. The summed E-state index contributed by atoms with van der Waals surface area (Å²) in [7, 11) is 0. The van der Waals surface area contributed by atoms with E-state index in [1.807, 2.05) is 35.2 Å². The number of benzene rings is 2. The summed E-state index contributed by atoms with van der Waals surface area (Å²) in [4.78, 5) is 15.4. The smallest absolute Gasteiger partial charge is 0.285 e. The minimum Gasteiger partial charge on any atom is -0.314 e.